The highest BCUT2D eigenvalue weighted by atomic mass is 15.3. The Morgan fingerprint density at radius 3 is 2.17 bits per heavy atom. The Hall–Kier alpha value is -0.160. The van der Waals surface area contributed by atoms with Gasteiger partial charge in [-0.1, -0.05) is 13.8 Å². The lowest BCUT2D eigenvalue weighted by molar-refractivity contribution is 0.0736. The highest BCUT2D eigenvalue weighted by Gasteiger charge is 2.25. The molecule has 1 fully saturated rings. The summed E-state index contributed by atoms with van der Waals surface area (Å²) in [6, 6.07) is 0.686. The highest BCUT2D eigenvalue weighted by Crippen LogP contribution is 2.13. The maximum absolute atomic E-state index is 3.34. The van der Waals surface area contributed by atoms with Gasteiger partial charge >= 0.3 is 0 Å². The fraction of sp³-hybridized carbons (Fsp3) is 1.00. The van der Waals surface area contributed by atoms with Crippen LogP contribution in [0.3, 0.4) is 0 Å². The number of likely N-dealkylation sites (N-methyl/N-ethyl adjacent to an activating group) is 2. The van der Waals surface area contributed by atoms with Crippen molar-refractivity contribution in [2.75, 3.05) is 67.0 Å². The monoisotopic (exact) mass is 256 g/mol. The molecule has 4 heteroatoms. The molecule has 18 heavy (non-hydrogen) atoms. The molecule has 108 valence electrons. The molecule has 0 aromatic rings. The van der Waals surface area contributed by atoms with E-state index < -0.39 is 0 Å². The number of piperazine rings is 1. The summed E-state index contributed by atoms with van der Waals surface area (Å²) in [5.41, 5.74) is 0. The van der Waals surface area contributed by atoms with E-state index in [1.54, 1.807) is 0 Å². The van der Waals surface area contributed by atoms with Gasteiger partial charge in [-0.15, -0.1) is 0 Å². The zero-order valence-electron chi connectivity index (χ0n) is 12.9. The van der Waals surface area contributed by atoms with Gasteiger partial charge in [0.05, 0.1) is 0 Å². The van der Waals surface area contributed by atoms with Crippen LogP contribution in [-0.2, 0) is 0 Å². The third-order valence-corrected chi connectivity index (χ3v) is 3.92. The van der Waals surface area contributed by atoms with E-state index in [4.69, 9.17) is 0 Å². The van der Waals surface area contributed by atoms with Gasteiger partial charge in [0.2, 0.25) is 0 Å². The number of nitrogens with one attached hydrogen (secondary N) is 1. The molecule has 0 aromatic heterocycles. The van der Waals surface area contributed by atoms with Gasteiger partial charge in [0.15, 0.2) is 0 Å². The third-order valence-electron chi connectivity index (χ3n) is 3.92. The first-order valence-electron chi connectivity index (χ1n) is 7.30. The van der Waals surface area contributed by atoms with E-state index in [1.807, 2.05) is 0 Å². The van der Waals surface area contributed by atoms with Gasteiger partial charge in [-0.3, -0.25) is 9.80 Å². The van der Waals surface area contributed by atoms with E-state index in [2.05, 4.69) is 55.0 Å². The van der Waals surface area contributed by atoms with Crippen LogP contribution in [0.4, 0.5) is 0 Å². The third kappa shape index (κ3) is 5.22. The first kappa shape index (κ1) is 15.9. The Bertz CT molecular complexity index is 210. The lowest BCUT2D eigenvalue weighted by atomic mass is 10.0. The molecular weight excluding hydrogens is 224 g/mol. The summed E-state index contributed by atoms with van der Waals surface area (Å²) in [7, 11) is 6.36. The van der Waals surface area contributed by atoms with Crippen molar-refractivity contribution >= 4 is 0 Å². The lowest BCUT2D eigenvalue weighted by Gasteiger charge is -2.41. The predicted molar refractivity (Wildman–Crippen MR) is 79.1 cm³/mol. The molecule has 0 radical (unpaired) electrons. The molecule has 1 aliphatic rings. The second kappa shape index (κ2) is 8.10. The topological polar surface area (TPSA) is 21.8 Å². The molecule has 4 nitrogen and oxygen atoms in total. The molecular formula is C14H32N4. The van der Waals surface area contributed by atoms with Crippen LogP contribution in [-0.4, -0.2) is 87.7 Å². The van der Waals surface area contributed by atoms with E-state index in [0.717, 1.165) is 12.5 Å². The number of hydrogen-bond donors (Lipinski definition) is 1. The predicted octanol–water partition coefficient (Wildman–Crippen LogP) is 0.410. The molecule has 0 spiro atoms. The number of hydrogen-bond acceptors (Lipinski definition) is 4. The molecule has 1 saturated heterocycles. The van der Waals surface area contributed by atoms with Gasteiger partial charge in [0.25, 0.3) is 0 Å². The lowest BCUT2D eigenvalue weighted by Crippen LogP contribution is -2.54. The Labute approximate surface area is 113 Å². The second-order valence-electron chi connectivity index (χ2n) is 6.05. The van der Waals surface area contributed by atoms with E-state index in [1.165, 1.54) is 39.3 Å². The van der Waals surface area contributed by atoms with Gasteiger partial charge in [0, 0.05) is 51.9 Å². The molecule has 1 unspecified atom stereocenters. The van der Waals surface area contributed by atoms with E-state index in [-0.39, 0.29) is 0 Å². The van der Waals surface area contributed by atoms with Crippen molar-refractivity contribution in [3.8, 4) is 0 Å². The zero-order valence-corrected chi connectivity index (χ0v) is 12.9. The van der Waals surface area contributed by atoms with Crippen molar-refractivity contribution in [1.82, 2.24) is 20.0 Å². The molecule has 1 rings (SSSR count). The first-order chi connectivity index (χ1) is 8.54. The van der Waals surface area contributed by atoms with Crippen molar-refractivity contribution in [2.45, 2.75) is 19.9 Å². The quantitative estimate of drug-likeness (QED) is 0.712. The van der Waals surface area contributed by atoms with Gasteiger partial charge < -0.3 is 10.2 Å². The van der Waals surface area contributed by atoms with Crippen LogP contribution in [0, 0.1) is 5.92 Å². The van der Waals surface area contributed by atoms with Crippen LogP contribution in [0.15, 0.2) is 0 Å². The summed E-state index contributed by atoms with van der Waals surface area (Å²) in [5, 5.41) is 3.34. The smallest absolute Gasteiger partial charge is 0.0244 e. The average Bonchev–Trinajstić information content (AvgIpc) is 2.34. The van der Waals surface area contributed by atoms with Gasteiger partial charge in [-0.25, -0.2) is 0 Å². The fourth-order valence-corrected chi connectivity index (χ4v) is 2.66. The van der Waals surface area contributed by atoms with Crippen LogP contribution >= 0.6 is 0 Å². The van der Waals surface area contributed by atoms with Crippen molar-refractivity contribution in [1.29, 1.82) is 0 Å². The minimum Gasteiger partial charge on any atom is -0.318 e. The summed E-state index contributed by atoms with van der Waals surface area (Å²) < 4.78 is 0. The molecule has 1 heterocycles. The van der Waals surface area contributed by atoms with Crippen LogP contribution in [0.1, 0.15) is 13.8 Å². The van der Waals surface area contributed by atoms with Gasteiger partial charge in [-0.05, 0) is 27.1 Å². The summed E-state index contributed by atoms with van der Waals surface area (Å²) in [4.78, 5) is 7.52. The number of rotatable bonds is 7. The van der Waals surface area contributed by atoms with Crippen LogP contribution in [0.25, 0.3) is 0 Å². The largest absolute Gasteiger partial charge is 0.318 e. The SMILES string of the molecule is CNCC(C(C)C)N1CCN(CCN(C)C)CC1. The first-order valence-corrected chi connectivity index (χ1v) is 7.30. The Kier molecular flexibility index (Phi) is 7.15. The molecule has 1 N–H and O–H groups in total. The van der Waals surface area contributed by atoms with Crippen molar-refractivity contribution in [3.05, 3.63) is 0 Å². The normalized spacial score (nSPS) is 20.8. The molecule has 1 atom stereocenters. The minimum atomic E-state index is 0.686. The van der Waals surface area contributed by atoms with Crippen LogP contribution < -0.4 is 5.32 Å². The summed E-state index contributed by atoms with van der Waals surface area (Å²) in [6.07, 6.45) is 0. The molecule has 0 saturated carbocycles. The summed E-state index contributed by atoms with van der Waals surface area (Å²) in [5.74, 6) is 0.728. The Morgan fingerprint density at radius 2 is 1.72 bits per heavy atom. The Morgan fingerprint density at radius 1 is 1.11 bits per heavy atom. The van der Waals surface area contributed by atoms with Crippen LogP contribution in [0.5, 0.6) is 0 Å². The maximum Gasteiger partial charge on any atom is 0.0244 e. The van der Waals surface area contributed by atoms with Gasteiger partial charge in [-0.2, -0.15) is 0 Å². The fourth-order valence-electron chi connectivity index (χ4n) is 2.66. The molecule has 0 amide bonds. The average molecular weight is 256 g/mol. The molecule has 0 aliphatic carbocycles. The molecule has 0 aromatic carbocycles. The summed E-state index contributed by atoms with van der Waals surface area (Å²) in [6.45, 7) is 13.0. The standard InChI is InChI=1S/C14H32N4/c1-13(2)14(12-15-3)18-10-8-17(9-11-18)7-6-16(4)5/h13-15H,6-12H2,1-5H3. The highest BCUT2D eigenvalue weighted by molar-refractivity contribution is 4.81. The molecule has 0 bridgehead atoms. The second-order valence-corrected chi connectivity index (χ2v) is 6.05. The van der Waals surface area contributed by atoms with Gasteiger partial charge in [0.1, 0.15) is 0 Å². The minimum absolute atomic E-state index is 0.686. The van der Waals surface area contributed by atoms with Crippen LogP contribution in [0.2, 0.25) is 0 Å². The van der Waals surface area contributed by atoms with E-state index >= 15 is 0 Å². The van der Waals surface area contributed by atoms with E-state index in [9.17, 15) is 0 Å². The Balaban J connectivity index is 2.32. The zero-order chi connectivity index (χ0) is 13.5. The van der Waals surface area contributed by atoms with Crippen molar-refractivity contribution in [3.63, 3.8) is 0 Å². The van der Waals surface area contributed by atoms with E-state index in [0.29, 0.717) is 6.04 Å². The van der Waals surface area contributed by atoms with Crippen molar-refractivity contribution in [2.24, 2.45) is 5.92 Å². The maximum atomic E-state index is 3.34. The number of nitrogens with zero attached hydrogens (tertiary/aromatic N) is 3. The molecule has 1 aliphatic heterocycles. The van der Waals surface area contributed by atoms with Crippen molar-refractivity contribution < 1.29 is 0 Å². The summed E-state index contributed by atoms with van der Waals surface area (Å²) >= 11 is 0.